The highest BCUT2D eigenvalue weighted by molar-refractivity contribution is 5.94. The number of methoxy groups -OCH3 is 1. The number of amides is 1. The number of imidazole rings is 1. The fourth-order valence-electron chi connectivity index (χ4n) is 2.32. The summed E-state index contributed by atoms with van der Waals surface area (Å²) in [6, 6.07) is 15.0. The van der Waals surface area contributed by atoms with Crippen LogP contribution in [-0.2, 0) is 6.54 Å². The smallest absolute Gasteiger partial charge is 0.251 e. The van der Waals surface area contributed by atoms with Gasteiger partial charge in [0.15, 0.2) is 0 Å². The van der Waals surface area contributed by atoms with Crippen molar-refractivity contribution in [2.45, 2.75) is 6.54 Å². The topological polar surface area (TPSA) is 56.1 Å². The van der Waals surface area contributed by atoms with E-state index in [2.05, 4.69) is 10.3 Å². The Kier molecular flexibility index (Phi) is 4.05. The van der Waals surface area contributed by atoms with Gasteiger partial charge in [-0.25, -0.2) is 4.98 Å². The van der Waals surface area contributed by atoms with Crippen molar-refractivity contribution in [3.63, 3.8) is 0 Å². The van der Waals surface area contributed by atoms with Gasteiger partial charge in [0.25, 0.3) is 5.91 Å². The first kappa shape index (κ1) is 14.1. The van der Waals surface area contributed by atoms with E-state index in [1.165, 1.54) is 0 Å². The normalized spacial score (nSPS) is 10.6. The summed E-state index contributed by atoms with van der Waals surface area (Å²) in [4.78, 5) is 16.4. The predicted molar refractivity (Wildman–Crippen MR) is 85.1 cm³/mol. The van der Waals surface area contributed by atoms with E-state index in [9.17, 15) is 4.79 Å². The minimum Gasteiger partial charge on any atom is -0.497 e. The Balaban J connectivity index is 1.59. The van der Waals surface area contributed by atoms with Crippen LogP contribution in [0.2, 0.25) is 0 Å². The van der Waals surface area contributed by atoms with Crippen LogP contribution in [0.3, 0.4) is 0 Å². The van der Waals surface area contributed by atoms with Gasteiger partial charge in [0.1, 0.15) is 5.75 Å². The SMILES string of the molecule is COc1ccc(C(=O)NCCn2cnc3ccccc32)cc1. The number of benzene rings is 2. The van der Waals surface area contributed by atoms with Crippen molar-refractivity contribution in [3.8, 4) is 5.75 Å². The summed E-state index contributed by atoms with van der Waals surface area (Å²) >= 11 is 0. The molecule has 0 unspecified atom stereocenters. The standard InChI is InChI=1S/C17H17N3O2/c1-22-14-8-6-13(7-9-14)17(21)18-10-11-20-12-19-15-4-2-3-5-16(15)20/h2-9,12H,10-11H2,1H3,(H,18,21). The molecule has 0 atom stereocenters. The van der Waals surface area contributed by atoms with Gasteiger partial charge in [-0.1, -0.05) is 12.1 Å². The monoisotopic (exact) mass is 295 g/mol. The molecule has 0 saturated heterocycles. The molecule has 0 spiro atoms. The molecule has 3 rings (SSSR count). The van der Waals surface area contributed by atoms with Crippen LogP contribution < -0.4 is 10.1 Å². The molecule has 5 heteroatoms. The summed E-state index contributed by atoms with van der Waals surface area (Å²) in [5, 5.41) is 2.91. The molecule has 1 amide bonds. The molecule has 1 aromatic heterocycles. The van der Waals surface area contributed by atoms with Crippen LogP contribution in [0.25, 0.3) is 11.0 Å². The summed E-state index contributed by atoms with van der Waals surface area (Å²) < 4.78 is 7.11. The second kappa shape index (κ2) is 6.30. The molecule has 2 aromatic carbocycles. The van der Waals surface area contributed by atoms with Crippen LogP contribution in [0.15, 0.2) is 54.9 Å². The maximum Gasteiger partial charge on any atom is 0.251 e. The lowest BCUT2D eigenvalue weighted by atomic mass is 10.2. The average molecular weight is 295 g/mol. The molecule has 0 bridgehead atoms. The third-order valence-corrected chi connectivity index (χ3v) is 3.52. The number of carbonyl (C=O) groups is 1. The molecule has 0 aliphatic rings. The molecule has 0 aliphatic carbocycles. The van der Waals surface area contributed by atoms with Crippen molar-refractivity contribution >= 4 is 16.9 Å². The van der Waals surface area contributed by atoms with Crippen LogP contribution in [-0.4, -0.2) is 29.1 Å². The molecule has 0 saturated carbocycles. The first-order valence-corrected chi connectivity index (χ1v) is 7.10. The largest absolute Gasteiger partial charge is 0.497 e. The maximum atomic E-state index is 12.1. The Bertz CT molecular complexity index is 778. The maximum absolute atomic E-state index is 12.1. The summed E-state index contributed by atoms with van der Waals surface area (Å²) in [6.45, 7) is 1.23. The van der Waals surface area contributed by atoms with Gasteiger partial charge in [-0.3, -0.25) is 4.79 Å². The molecule has 0 radical (unpaired) electrons. The summed E-state index contributed by atoms with van der Waals surface area (Å²) in [7, 11) is 1.60. The predicted octanol–water partition coefficient (Wildman–Crippen LogP) is 2.47. The number of para-hydroxylation sites is 2. The minimum absolute atomic E-state index is 0.0907. The fraction of sp³-hybridized carbons (Fsp3) is 0.176. The van der Waals surface area contributed by atoms with Gasteiger partial charge in [-0.15, -0.1) is 0 Å². The van der Waals surface area contributed by atoms with E-state index in [1.54, 1.807) is 37.7 Å². The fourth-order valence-corrected chi connectivity index (χ4v) is 2.32. The van der Waals surface area contributed by atoms with Gasteiger partial charge >= 0.3 is 0 Å². The first-order chi connectivity index (χ1) is 10.8. The molecule has 5 nitrogen and oxygen atoms in total. The van der Waals surface area contributed by atoms with E-state index < -0.39 is 0 Å². The summed E-state index contributed by atoms with van der Waals surface area (Å²) in [5.74, 6) is 0.647. The van der Waals surface area contributed by atoms with Crippen molar-refractivity contribution < 1.29 is 9.53 Å². The molecule has 0 fully saturated rings. The molecular weight excluding hydrogens is 278 g/mol. The van der Waals surface area contributed by atoms with Gasteiger partial charge in [-0.2, -0.15) is 0 Å². The third-order valence-electron chi connectivity index (χ3n) is 3.52. The summed E-state index contributed by atoms with van der Waals surface area (Å²) in [6.07, 6.45) is 1.80. The van der Waals surface area contributed by atoms with Gasteiger partial charge in [0, 0.05) is 18.7 Å². The Hall–Kier alpha value is -2.82. The molecule has 3 aromatic rings. The van der Waals surface area contributed by atoms with Crippen molar-refractivity contribution in [2.75, 3.05) is 13.7 Å². The van der Waals surface area contributed by atoms with Gasteiger partial charge in [0.2, 0.25) is 0 Å². The number of nitrogens with zero attached hydrogens (tertiary/aromatic N) is 2. The van der Waals surface area contributed by atoms with E-state index in [-0.39, 0.29) is 5.91 Å². The highest BCUT2D eigenvalue weighted by Crippen LogP contribution is 2.12. The van der Waals surface area contributed by atoms with Gasteiger partial charge in [-0.05, 0) is 36.4 Å². The van der Waals surface area contributed by atoms with Crippen LogP contribution in [0.5, 0.6) is 5.75 Å². The van der Waals surface area contributed by atoms with Crippen LogP contribution >= 0.6 is 0 Å². The van der Waals surface area contributed by atoms with Gasteiger partial charge < -0.3 is 14.6 Å². The molecule has 112 valence electrons. The second-order valence-corrected chi connectivity index (χ2v) is 4.91. The van der Waals surface area contributed by atoms with Crippen molar-refractivity contribution in [3.05, 3.63) is 60.4 Å². The minimum atomic E-state index is -0.0907. The number of ether oxygens (including phenoxy) is 1. The zero-order valence-corrected chi connectivity index (χ0v) is 12.3. The van der Waals surface area contributed by atoms with E-state index >= 15 is 0 Å². The van der Waals surface area contributed by atoms with E-state index in [4.69, 9.17) is 4.74 Å². The second-order valence-electron chi connectivity index (χ2n) is 4.91. The zero-order valence-electron chi connectivity index (χ0n) is 12.3. The summed E-state index contributed by atoms with van der Waals surface area (Å²) in [5.41, 5.74) is 2.65. The Labute approximate surface area is 128 Å². The molecule has 1 N–H and O–H groups in total. The number of rotatable bonds is 5. The number of fused-ring (bicyclic) bond motifs is 1. The lowest BCUT2D eigenvalue weighted by Gasteiger charge is -2.07. The van der Waals surface area contributed by atoms with Crippen LogP contribution in [0.4, 0.5) is 0 Å². The van der Waals surface area contributed by atoms with E-state index in [0.29, 0.717) is 18.7 Å². The van der Waals surface area contributed by atoms with Crippen LogP contribution in [0, 0.1) is 0 Å². The number of nitrogens with one attached hydrogen (secondary N) is 1. The quantitative estimate of drug-likeness (QED) is 0.786. The van der Waals surface area contributed by atoms with E-state index in [0.717, 1.165) is 16.8 Å². The Morgan fingerprint density at radius 1 is 1.18 bits per heavy atom. The first-order valence-electron chi connectivity index (χ1n) is 7.10. The third kappa shape index (κ3) is 2.93. The average Bonchev–Trinajstić information content (AvgIpc) is 2.98. The zero-order chi connectivity index (χ0) is 15.4. The van der Waals surface area contributed by atoms with Gasteiger partial charge in [0.05, 0.1) is 24.5 Å². The molecule has 0 aliphatic heterocycles. The number of aromatic nitrogens is 2. The molecular formula is C17H17N3O2. The van der Waals surface area contributed by atoms with E-state index in [1.807, 2.05) is 28.8 Å². The van der Waals surface area contributed by atoms with Crippen molar-refractivity contribution in [1.82, 2.24) is 14.9 Å². The lowest BCUT2D eigenvalue weighted by molar-refractivity contribution is 0.0952. The highest BCUT2D eigenvalue weighted by Gasteiger charge is 2.06. The highest BCUT2D eigenvalue weighted by atomic mass is 16.5. The molecule has 1 heterocycles. The van der Waals surface area contributed by atoms with Crippen LogP contribution in [0.1, 0.15) is 10.4 Å². The van der Waals surface area contributed by atoms with Crippen molar-refractivity contribution in [1.29, 1.82) is 0 Å². The molecule has 22 heavy (non-hydrogen) atoms. The van der Waals surface area contributed by atoms with Crippen molar-refractivity contribution in [2.24, 2.45) is 0 Å². The number of hydrogen-bond donors (Lipinski definition) is 1. The number of carbonyl (C=O) groups excluding carboxylic acids is 1. The lowest BCUT2D eigenvalue weighted by Crippen LogP contribution is -2.27. The Morgan fingerprint density at radius 3 is 2.73 bits per heavy atom. The number of hydrogen-bond acceptors (Lipinski definition) is 3. The Morgan fingerprint density at radius 2 is 1.95 bits per heavy atom.